The molecule has 3 aromatic rings. The highest BCUT2D eigenvalue weighted by Gasteiger charge is 2.36. The highest BCUT2D eigenvalue weighted by atomic mass is 19.1. The highest BCUT2D eigenvalue weighted by Crippen LogP contribution is 2.38. The second-order valence-corrected chi connectivity index (χ2v) is 6.41. The summed E-state index contributed by atoms with van der Waals surface area (Å²) in [6.07, 6.45) is 0.253. The molecule has 4 rings (SSSR count). The summed E-state index contributed by atoms with van der Waals surface area (Å²) in [7, 11) is 3.12. The van der Waals surface area contributed by atoms with E-state index >= 15 is 0 Å². The minimum absolute atomic E-state index is 0.0651. The van der Waals surface area contributed by atoms with Gasteiger partial charge in [0.15, 0.2) is 5.82 Å². The number of hydrogen-bond donors (Lipinski definition) is 0. The molecule has 0 N–H and O–H groups in total. The molecule has 1 aliphatic heterocycles. The molecule has 1 unspecified atom stereocenters. The number of carbonyl (C=O) groups excluding carboxylic acids is 1. The largest absolute Gasteiger partial charge is 0.497 e. The van der Waals surface area contributed by atoms with Gasteiger partial charge in [-0.15, -0.1) is 0 Å². The average molecular weight is 383 g/mol. The maximum atomic E-state index is 13.1. The fraction of sp³-hybridized carbons (Fsp3) is 0.250. The molecule has 0 bridgehead atoms. The van der Waals surface area contributed by atoms with Crippen molar-refractivity contribution in [2.75, 3.05) is 25.7 Å². The van der Waals surface area contributed by atoms with Gasteiger partial charge in [-0.3, -0.25) is 4.79 Å². The van der Waals surface area contributed by atoms with Crippen molar-refractivity contribution >= 4 is 11.6 Å². The Hall–Kier alpha value is -3.42. The number of nitrogens with zero attached hydrogens (tertiary/aromatic N) is 3. The number of halogens is 1. The quantitative estimate of drug-likeness (QED) is 0.672. The van der Waals surface area contributed by atoms with E-state index in [1.54, 1.807) is 49.5 Å². The van der Waals surface area contributed by atoms with Gasteiger partial charge in [-0.1, -0.05) is 5.16 Å². The van der Waals surface area contributed by atoms with Crippen LogP contribution >= 0.6 is 0 Å². The normalized spacial score (nSPS) is 16.5. The van der Waals surface area contributed by atoms with Crippen molar-refractivity contribution in [3.8, 4) is 23.0 Å². The zero-order chi connectivity index (χ0) is 19.7. The summed E-state index contributed by atoms with van der Waals surface area (Å²) in [5.41, 5.74) is 1.26. The molecule has 1 saturated heterocycles. The van der Waals surface area contributed by atoms with E-state index in [-0.39, 0.29) is 24.1 Å². The van der Waals surface area contributed by atoms with Crippen LogP contribution in [0.25, 0.3) is 11.5 Å². The summed E-state index contributed by atoms with van der Waals surface area (Å²) in [5.74, 6) is 1.32. The summed E-state index contributed by atoms with van der Waals surface area (Å²) in [4.78, 5) is 18.7. The van der Waals surface area contributed by atoms with Gasteiger partial charge in [0.05, 0.1) is 19.9 Å². The summed E-state index contributed by atoms with van der Waals surface area (Å²) in [5, 5.41) is 4.02. The van der Waals surface area contributed by atoms with Crippen molar-refractivity contribution < 1.29 is 23.2 Å². The molecular formula is C20H18FN3O4. The second-order valence-electron chi connectivity index (χ2n) is 6.41. The van der Waals surface area contributed by atoms with Gasteiger partial charge in [-0.25, -0.2) is 4.39 Å². The number of hydrogen-bond acceptors (Lipinski definition) is 6. The van der Waals surface area contributed by atoms with E-state index in [9.17, 15) is 9.18 Å². The molecule has 1 aliphatic rings. The Balaban J connectivity index is 1.58. The topological polar surface area (TPSA) is 77.7 Å². The van der Waals surface area contributed by atoms with Gasteiger partial charge in [0, 0.05) is 30.5 Å². The molecule has 2 aromatic carbocycles. The Morgan fingerprint density at radius 1 is 1.14 bits per heavy atom. The predicted molar refractivity (Wildman–Crippen MR) is 98.9 cm³/mol. The maximum absolute atomic E-state index is 13.1. The van der Waals surface area contributed by atoms with Gasteiger partial charge >= 0.3 is 0 Å². The standard InChI is InChI=1S/C20H18FN3O4/c1-26-15-7-8-17(27-2)16(10-15)24-11-13(9-18(24)25)19-22-20(28-23-19)12-3-5-14(21)6-4-12/h3-8,10,13H,9,11H2,1-2H3. The van der Waals surface area contributed by atoms with Crippen LogP contribution in [-0.4, -0.2) is 36.8 Å². The number of rotatable bonds is 5. The van der Waals surface area contributed by atoms with Crippen molar-refractivity contribution in [3.63, 3.8) is 0 Å². The van der Waals surface area contributed by atoms with Crippen LogP contribution in [-0.2, 0) is 4.79 Å². The zero-order valence-electron chi connectivity index (χ0n) is 15.4. The van der Waals surface area contributed by atoms with Crippen LogP contribution in [0.1, 0.15) is 18.2 Å². The molecular weight excluding hydrogens is 365 g/mol. The van der Waals surface area contributed by atoms with E-state index in [1.165, 1.54) is 12.1 Å². The molecule has 1 fully saturated rings. The molecule has 28 heavy (non-hydrogen) atoms. The van der Waals surface area contributed by atoms with Gasteiger partial charge in [-0.05, 0) is 36.4 Å². The van der Waals surface area contributed by atoms with E-state index in [0.717, 1.165) is 0 Å². The monoisotopic (exact) mass is 383 g/mol. The first-order valence-corrected chi connectivity index (χ1v) is 8.71. The third kappa shape index (κ3) is 3.28. The lowest BCUT2D eigenvalue weighted by atomic mass is 10.1. The zero-order valence-corrected chi connectivity index (χ0v) is 15.4. The molecule has 2 heterocycles. The Kier molecular flexibility index (Phi) is 4.68. The lowest BCUT2D eigenvalue weighted by Crippen LogP contribution is -2.25. The van der Waals surface area contributed by atoms with Gasteiger partial charge in [-0.2, -0.15) is 4.98 Å². The van der Waals surface area contributed by atoms with Crippen molar-refractivity contribution in [2.45, 2.75) is 12.3 Å². The predicted octanol–water partition coefficient (Wildman–Crippen LogP) is 3.41. The van der Waals surface area contributed by atoms with Crippen LogP contribution in [0.5, 0.6) is 11.5 Å². The molecule has 0 radical (unpaired) electrons. The van der Waals surface area contributed by atoms with Crippen LogP contribution in [0.15, 0.2) is 47.0 Å². The molecule has 0 aliphatic carbocycles. The fourth-order valence-electron chi connectivity index (χ4n) is 3.23. The van der Waals surface area contributed by atoms with Crippen LogP contribution in [0, 0.1) is 5.82 Å². The summed E-state index contributed by atoms with van der Waals surface area (Å²) >= 11 is 0. The van der Waals surface area contributed by atoms with Crippen LogP contribution < -0.4 is 14.4 Å². The van der Waals surface area contributed by atoms with Gasteiger partial charge in [0.2, 0.25) is 5.91 Å². The Labute approximate surface area is 160 Å². The second kappa shape index (κ2) is 7.30. The highest BCUT2D eigenvalue weighted by molar-refractivity contribution is 5.98. The molecule has 0 saturated carbocycles. The third-order valence-corrected chi connectivity index (χ3v) is 4.70. The van der Waals surface area contributed by atoms with E-state index in [2.05, 4.69) is 10.1 Å². The molecule has 144 valence electrons. The molecule has 1 amide bonds. The van der Waals surface area contributed by atoms with Gasteiger partial charge in [0.25, 0.3) is 5.89 Å². The number of amides is 1. The Morgan fingerprint density at radius 3 is 2.64 bits per heavy atom. The number of methoxy groups -OCH3 is 2. The lowest BCUT2D eigenvalue weighted by Gasteiger charge is -2.20. The average Bonchev–Trinajstić information content (AvgIpc) is 3.35. The first kappa shape index (κ1) is 18.0. The summed E-state index contributed by atoms with van der Waals surface area (Å²) in [6.45, 7) is 0.394. The van der Waals surface area contributed by atoms with E-state index in [1.807, 2.05) is 0 Å². The first-order chi connectivity index (χ1) is 13.6. The fourth-order valence-corrected chi connectivity index (χ4v) is 3.23. The van der Waals surface area contributed by atoms with Crippen molar-refractivity contribution in [1.82, 2.24) is 10.1 Å². The summed E-state index contributed by atoms with van der Waals surface area (Å²) < 4.78 is 29.0. The third-order valence-electron chi connectivity index (χ3n) is 4.70. The Morgan fingerprint density at radius 2 is 1.93 bits per heavy atom. The minimum atomic E-state index is -0.340. The SMILES string of the molecule is COc1ccc(OC)c(N2CC(c3noc(-c4ccc(F)cc4)n3)CC2=O)c1. The van der Waals surface area contributed by atoms with Gasteiger partial charge in [0.1, 0.15) is 17.3 Å². The van der Waals surface area contributed by atoms with Gasteiger partial charge < -0.3 is 18.9 Å². The maximum Gasteiger partial charge on any atom is 0.257 e. The number of aromatic nitrogens is 2. The molecule has 8 heteroatoms. The number of anilines is 1. The minimum Gasteiger partial charge on any atom is -0.497 e. The first-order valence-electron chi connectivity index (χ1n) is 8.71. The van der Waals surface area contributed by atoms with Crippen molar-refractivity contribution in [2.24, 2.45) is 0 Å². The molecule has 1 aromatic heterocycles. The van der Waals surface area contributed by atoms with Crippen LogP contribution in [0.2, 0.25) is 0 Å². The number of benzene rings is 2. The number of carbonyl (C=O) groups is 1. The van der Waals surface area contributed by atoms with Crippen LogP contribution in [0.3, 0.4) is 0 Å². The lowest BCUT2D eigenvalue weighted by molar-refractivity contribution is -0.117. The van der Waals surface area contributed by atoms with E-state index in [0.29, 0.717) is 41.0 Å². The smallest absolute Gasteiger partial charge is 0.257 e. The molecule has 0 spiro atoms. The van der Waals surface area contributed by atoms with Crippen LogP contribution in [0.4, 0.5) is 10.1 Å². The van der Waals surface area contributed by atoms with E-state index < -0.39 is 0 Å². The Bertz CT molecular complexity index is 1000. The van der Waals surface area contributed by atoms with E-state index in [4.69, 9.17) is 14.0 Å². The summed E-state index contributed by atoms with van der Waals surface area (Å²) in [6, 6.07) is 11.1. The van der Waals surface area contributed by atoms with Crippen molar-refractivity contribution in [3.05, 3.63) is 54.1 Å². The molecule has 1 atom stereocenters. The molecule has 7 nitrogen and oxygen atoms in total. The van der Waals surface area contributed by atoms with Crippen molar-refractivity contribution in [1.29, 1.82) is 0 Å². The number of ether oxygens (including phenoxy) is 2.